The van der Waals surface area contributed by atoms with Crippen LogP contribution < -0.4 is 5.73 Å². The number of aliphatic imine (C=N–C) groups is 3. The highest BCUT2D eigenvalue weighted by Gasteiger charge is 2.52. The van der Waals surface area contributed by atoms with Crippen molar-refractivity contribution >= 4 is 17.9 Å². The molecule has 132 valence electrons. The van der Waals surface area contributed by atoms with Gasteiger partial charge >= 0.3 is 0 Å². The van der Waals surface area contributed by atoms with E-state index in [2.05, 4.69) is 15.0 Å². The van der Waals surface area contributed by atoms with E-state index in [1.165, 1.54) is 6.34 Å². The third kappa shape index (κ3) is 2.23. The van der Waals surface area contributed by atoms with Crippen LogP contribution in [0.15, 0.2) is 15.0 Å². The fourth-order valence-electron chi connectivity index (χ4n) is 4.11. The molecule has 1 unspecified atom stereocenters. The molecule has 1 saturated heterocycles. The molecule has 0 amide bonds. The first-order valence-corrected chi connectivity index (χ1v) is 8.41. The normalized spacial score (nSPS) is 42.4. The van der Waals surface area contributed by atoms with Crippen LogP contribution in [0.25, 0.3) is 0 Å². The van der Waals surface area contributed by atoms with Crippen molar-refractivity contribution in [2.45, 2.75) is 55.9 Å². The number of aliphatic hydroxyl groups is 3. The first-order valence-electron chi connectivity index (χ1n) is 8.41. The third-order valence-electron chi connectivity index (χ3n) is 5.50. The Bertz CT molecular complexity index is 603. The van der Waals surface area contributed by atoms with Crippen LogP contribution in [-0.4, -0.2) is 81.6 Å². The maximum Gasteiger partial charge on any atom is 0.162 e. The van der Waals surface area contributed by atoms with E-state index in [0.29, 0.717) is 11.5 Å². The molecule has 0 radical (unpaired) electrons. The molecule has 0 aromatic carbocycles. The van der Waals surface area contributed by atoms with Crippen molar-refractivity contribution < 1.29 is 20.1 Å². The average molecular weight is 337 g/mol. The van der Waals surface area contributed by atoms with E-state index in [1.807, 2.05) is 0 Å². The monoisotopic (exact) mass is 337 g/mol. The lowest BCUT2D eigenvalue weighted by atomic mass is 9.86. The lowest BCUT2D eigenvalue weighted by Gasteiger charge is -2.35. The van der Waals surface area contributed by atoms with Gasteiger partial charge in [-0.05, 0) is 12.8 Å². The van der Waals surface area contributed by atoms with E-state index in [-0.39, 0.29) is 19.2 Å². The molecule has 3 heterocycles. The number of amidine groups is 1. The minimum atomic E-state index is -1.16. The summed E-state index contributed by atoms with van der Waals surface area (Å²) in [5.41, 5.74) is 6.33. The molecule has 9 heteroatoms. The molecule has 5 atom stereocenters. The van der Waals surface area contributed by atoms with Crippen molar-refractivity contribution in [3.63, 3.8) is 0 Å². The Kier molecular flexibility index (Phi) is 3.92. The number of ether oxygens (including phenoxy) is 1. The lowest BCUT2D eigenvalue weighted by Crippen LogP contribution is -2.58. The molecular formula is C15H23N5O4. The highest BCUT2D eigenvalue weighted by Crippen LogP contribution is 2.38. The van der Waals surface area contributed by atoms with Gasteiger partial charge in [-0.25, -0.2) is 9.98 Å². The second-order valence-electron chi connectivity index (χ2n) is 6.85. The van der Waals surface area contributed by atoms with E-state index < -0.39 is 30.2 Å². The van der Waals surface area contributed by atoms with Gasteiger partial charge in [0.2, 0.25) is 0 Å². The van der Waals surface area contributed by atoms with Crippen LogP contribution in [-0.2, 0) is 4.74 Å². The zero-order chi connectivity index (χ0) is 16.9. The van der Waals surface area contributed by atoms with Crippen molar-refractivity contribution in [1.29, 1.82) is 0 Å². The fraction of sp³-hybridized carbons (Fsp3) is 0.800. The maximum absolute atomic E-state index is 10.3. The molecule has 0 spiro atoms. The summed E-state index contributed by atoms with van der Waals surface area (Å²) in [7, 11) is 0. The molecule has 0 bridgehead atoms. The second kappa shape index (κ2) is 5.85. The third-order valence-corrected chi connectivity index (χ3v) is 5.50. The Hall–Kier alpha value is -1.39. The second-order valence-corrected chi connectivity index (χ2v) is 6.85. The maximum atomic E-state index is 10.3. The van der Waals surface area contributed by atoms with E-state index in [4.69, 9.17) is 10.5 Å². The van der Waals surface area contributed by atoms with E-state index in [9.17, 15) is 15.3 Å². The van der Waals surface area contributed by atoms with E-state index in [1.54, 1.807) is 4.90 Å². The molecule has 0 aromatic heterocycles. The molecule has 2 fully saturated rings. The minimum absolute atomic E-state index is 0.225. The highest BCUT2D eigenvalue weighted by molar-refractivity contribution is 6.47. The summed E-state index contributed by atoms with van der Waals surface area (Å²) in [6.07, 6.45) is 1.78. The van der Waals surface area contributed by atoms with Crippen molar-refractivity contribution in [3.8, 4) is 0 Å². The summed E-state index contributed by atoms with van der Waals surface area (Å²) in [5.74, 6) is 0.761. The molecule has 1 aliphatic carbocycles. The van der Waals surface area contributed by atoms with Crippen LogP contribution in [0.2, 0.25) is 0 Å². The number of fused-ring (bicyclic) bond motifs is 1. The molecule has 5 N–H and O–H groups in total. The first-order chi connectivity index (χ1) is 11.6. The largest absolute Gasteiger partial charge is 0.394 e. The number of hydrogen-bond acceptors (Lipinski definition) is 9. The van der Waals surface area contributed by atoms with Gasteiger partial charge in [-0.1, -0.05) is 12.8 Å². The van der Waals surface area contributed by atoms with Gasteiger partial charge in [-0.15, -0.1) is 0 Å². The van der Waals surface area contributed by atoms with Gasteiger partial charge in [0, 0.05) is 5.92 Å². The van der Waals surface area contributed by atoms with Gasteiger partial charge in [0.25, 0.3) is 0 Å². The molecule has 4 aliphatic rings. The van der Waals surface area contributed by atoms with E-state index >= 15 is 0 Å². The van der Waals surface area contributed by atoms with Crippen LogP contribution in [0.3, 0.4) is 0 Å². The molecule has 1 saturated carbocycles. The molecule has 24 heavy (non-hydrogen) atoms. The zero-order valence-electron chi connectivity index (χ0n) is 13.3. The van der Waals surface area contributed by atoms with Crippen molar-refractivity contribution in [2.24, 2.45) is 26.6 Å². The summed E-state index contributed by atoms with van der Waals surface area (Å²) in [4.78, 5) is 14.9. The fourth-order valence-corrected chi connectivity index (χ4v) is 4.11. The van der Waals surface area contributed by atoms with Gasteiger partial charge in [-0.3, -0.25) is 4.99 Å². The zero-order valence-corrected chi connectivity index (χ0v) is 13.3. The van der Waals surface area contributed by atoms with Gasteiger partial charge in [0.15, 0.2) is 17.7 Å². The summed E-state index contributed by atoms with van der Waals surface area (Å²) in [6.45, 7) is -0.136. The van der Waals surface area contributed by atoms with Crippen molar-refractivity contribution in [3.05, 3.63) is 0 Å². The van der Waals surface area contributed by atoms with E-state index in [0.717, 1.165) is 25.7 Å². The van der Waals surface area contributed by atoms with Crippen molar-refractivity contribution in [2.75, 3.05) is 13.3 Å². The minimum Gasteiger partial charge on any atom is -0.394 e. The Morgan fingerprint density at radius 1 is 1.29 bits per heavy atom. The number of nitrogens with two attached hydrogens (primary N) is 1. The lowest BCUT2D eigenvalue weighted by molar-refractivity contribution is -0.0688. The van der Waals surface area contributed by atoms with Crippen LogP contribution >= 0.6 is 0 Å². The van der Waals surface area contributed by atoms with Gasteiger partial charge < -0.3 is 30.7 Å². The number of hydrogen-bond donors (Lipinski definition) is 4. The predicted octanol–water partition coefficient (Wildman–Crippen LogP) is -1.57. The summed E-state index contributed by atoms with van der Waals surface area (Å²) in [6, 6.07) is 0. The highest BCUT2D eigenvalue weighted by atomic mass is 16.6. The number of nitrogens with zero attached hydrogens (tertiary/aromatic N) is 4. The predicted molar refractivity (Wildman–Crippen MR) is 86.7 cm³/mol. The Morgan fingerprint density at radius 3 is 2.71 bits per heavy atom. The molecule has 3 aliphatic heterocycles. The van der Waals surface area contributed by atoms with Gasteiger partial charge in [0.05, 0.1) is 6.61 Å². The Labute approximate surface area is 139 Å². The van der Waals surface area contributed by atoms with Crippen molar-refractivity contribution in [1.82, 2.24) is 4.90 Å². The van der Waals surface area contributed by atoms with Crippen LogP contribution in [0.5, 0.6) is 0 Å². The topological polar surface area (TPSA) is 136 Å². The van der Waals surface area contributed by atoms with Crippen LogP contribution in [0.1, 0.15) is 25.7 Å². The smallest absolute Gasteiger partial charge is 0.162 e. The molecule has 4 rings (SSSR count). The SMILES string of the molecule is NC1(C2CCCC2)N=CN=C2C1=NCN2[C@@H]1O[C@H](CO)[C@@H](O)[C@H]1O. The number of aliphatic hydroxyl groups excluding tert-OH is 3. The van der Waals surface area contributed by atoms with Crippen LogP contribution in [0, 0.1) is 5.92 Å². The summed E-state index contributed by atoms with van der Waals surface area (Å²) in [5, 5.41) is 29.5. The first kappa shape index (κ1) is 16.1. The Balaban J connectivity index is 1.58. The van der Waals surface area contributed by atoms with Gasteiger partial charge in [0.1, 0.15) is 37.0 Å². The molecular weight excluding hydrogens is 314 g/mol. The number of rotatable bonds is 3. The quantitative estimate of drug-likeness (QED) is 0.491. The molecule has 0 aromatic rings. The molecule has 9 nitrogen and oxygen atoms in total. The standard InChI is InChI=1S/C15H23N5O4/c16-15(8-3-1-2-4-8)12-13(17-6-19-15)20(7-18-12)14-11(23)10(22)9(5-21)24-14/h6,8-11,14,21-23H,1-5,7,16H2/t9-,10-,11-,14-,15?/m1/s1. The summed E-state index contributed by atoms with van der Waals surface area (Å²) < 4.78 is 5.60. The average Bonchev–Trinajstić information content (AvgIpc) is 3.29. The Morgan fingerprint density at radius 2 is 2.04 bits per heavy atom. The van der Waals surface area contributed by atoms with Gasteiger partial charge in [-0.2, -0.15) is 0 Å². The van der Waals surface area contributed by atoms with Crippen LogP contribution in [0.4, 0.5) is 0 Å². The summed E-state index contributed by atoms with van der Waals surface area (Å²) >= 11 is 0.